The number of fused-ring (bicyclic) bond motifs is 2. The smallest absolute Gasteiger partial charge is 0.407 e. The average Bonchev–Trinajstić information content (AvgIpc) is 3.61. The van der Waals surface area contributed by atoms with Crippen molar-refractivity contribution in [3.05, 3.63) is 48.0 Å². The van der Waals surface area contributed by atoms with Crippen LogP contribution in [0.25, 0.3) is 0 Å². The van der Waals surface area contributed by atoms with Gasteiger partial charge in [-0.05, 0) is 48.6 Å². The molecule has 3 aliphatic heterocycles. The minimum atomic E-state index is -4.04. The molecule has 240 valence electrons. The number of nitrogens with zero attached hydrogens (tertiary/aromatic N) is 1. The van der Waals surface area contributed by atoms with Crippen LogP contribution in [0.1, 0.15) is 25.8 Å². The Bertz CT molecular complexity index is 1440. The maximum Gasteiger partial charge on any atom is 0.407 e. The average molecular weight is 633 g/mol. The Hall–Kier alpha value is -3.43. The van der Waals surface area contributed by atoms with Gasteiger partial charge in [0.2, 0.25) is 10.0 Å². The summed E-state index contributed by atoms with van der Waals surface area (Å²) in [4.78, 5) is 24.8. The van der Waals surface area contributed by atoms with Crippen LogP contribution in [0.2, 0.25) is 0 Å². The maximum absolute atomic E-state index is 13.9. The van der Waals surface area contributed by atoms with Gasteiger partial charge >= 0.3 is 6.09 Å². The van der Waals surface area contributed by atoms with Crippen LogP contribution in [0, 0.1) is 11.8 Å². The standard InChI is InChI=1S/C30H40N4O9S/c1-18(2)14-34(44(37,38)21-8-9-24-26(13-21)41-17-28(35)32-24)15-23(31)25(12-19-4-6-20(39-3)7-5-19)33-30(36)43-27-16-42-29-22(27)10-11-40-29/h4-9,13,18,22-23,25,27,29H,10-12,14-17,31H2,1-3H3,(H,32,35)(H,33,36)/t22-,23+,25-,27-,29+/m0/s1. The molecule has 2 aromatic carbocycles. The zero-order valence-electron chi connectivity index (χ0n) is 25.1. The van der Waals surface area contributed by atoms with Crippen molar-refractivity contribution in [3.63, 3.8) is 0 Å². The number of benzene rings is 2. The lowest BCUT2D eigenvalue weighted by Gasteiger charge is -2.32. The molecule has 2 amide bonds. The fourth-order valence-electron chi connectivity index (χ4n) is 5.60. The second kappa shape index (κ2) is 13.7. The first-order valence-electron chi connectivity index (χ1n) is 14.7. The summed E-state index contributed by atoms with van der Waals surface area (Å²) < 4.78 is 56.8. The van der Waals surface area contributed by atoms with Crippen LogP contribution >= 0.6 is 0 Å². The van der Waals surface area contributed by atoms with Gasteiger partial charge in [0.1, 0.15) is 17.6 Å². The number of methoxy groups -OCH3 is 1. The minimum absolute atomic E-state index is 0.00823. The van der Waals surface area contributed by atoms with E-state index in [1.54, 1.807) is 7.11 Å². The molecular weight excluding hydrogens is 592 g/mol. The molecule has 0 radical (unpaired) electrons. The molecule has 0 unspecified atom stereocenters. The Morgan fingerprint density at radius 1 is 1.16 bits per heavy atom. The summed E-state index contributed by atoms with van der Waals surface area (Å²) in [7, 11) is -2.47. The molecular formula is C30H40N4O9S. The second-order valence-corrected chi connectivity index (χ2v) is 13.6. The molecule has 0 aliphatic carbocycles. The summed E-state index contributed by atoms with van der Waals surface area (Å²) in [6.07, 6.45) is -0.426. The zero-order valence-corrected chi connectivity index (χ0v) is 25.9. The van der Waals surface area contributed by atoms with Crippen molar-refractivity contribution < 1.29 is 41.7 Å². The van der Waals surface area contributed by atoms with Crippen LogP contribution in [0.3, 0.4) is 0 Å². The van der Waals surface area contributed by atoms with E-state index in [1.807, 2.05) is 38.1 Å². The van der Waals surface area contributed by atoms with Crippen LogP contribution in [-0.4, -0.2) is 89.2 Å². The molecule has 14 heteroatoms. The third-order valence-electron chi connectivity index (χ3n) is 7.89. The van der Waals surface area contributed by atoms with E-state index in [2.05, 4.69) is 10.6 Å². The number of ether oxygens (including phenoxy) is 5. The van der Waals surface area contributed by atoms with Gasteiger partial charge in [-0.15, -0.1) is 0 Å². The van der Waals surface area contributed by atoms with Gasteiger partial charge in [-0.2, -0.15) is 4.31 Å². The number of hydrogen-bond acceptors (Lipinski definition) is 10. The summed E-state index contributed by atoms with van der Waals surface area (Å²) in [6, 6.07) is 10.2. The monoisotopic (exact) mass is 632 g/mol. The molecule has 5 rings (SSSR count). The van der Waals surface area contributed by atoms with Gasteiger partial charge < -0.3 is 40.1 Å². The van der Waals surface area contributed by atoms with Crippen molar-refractivity contribution >= 4 is 27.7 Å². The lowest BCUT2D eigenvalue weighted by Crippen LogP contribution is -2.55. The lowest BCUT2D eigenvalue weighted by atomic mass is 9.99. The highest BCUT2D eigenvalue weighted by atomic mass is 32.2. The summed E-state index contributed by atoms with van der Waals surface area (Å²) in [5.41, 5.74) is 7.99. The van der Waals surface area contributed by atoms with E-state index in [0.29, 0.717) is 24.5 Å². The minimum Gasteiger partial charge on any atom is -0.497 e. The quantitative estimate of drug-likeness (QED) is 0.315. The first-order chi connectivity index (χ1) is 21.0. The highest BCUT2D eigenvalue weighted by Gasteiger charge is 2.44. The van der Waals surface area contributed by atoms with Crippen LogP contribution in [0.15, 0.2) is 47.4 Å². The van der Waals surface area contributed by atoms with Crippen LogP contribution < -0.4 is 25.8 Å². The number of rotatable bonds is 12. The topological polar surface area (TPSA) is 168 Å². The van der Waals surface area contributed by atoms with Gasteiger partial charge in [0.25, 0.3) is 5.91 Å². The largest absolute Gasteiger partial charge is 0.497 e. The molecule has 0 bridgehead atoms. The first kappa shape index (κ1) is 32.0. The van der Waals surface area contributed by atoms with Crippen LogP contribution in [0.4, 0.5) is 10.5 Å². The zero-order chi connectivity index (χ0) is 31.4. The second-order valence-electron chi connectivity index (χ2n) is 11.6. The molecule has 3 aliphatic rings. The normalized spacial score (nSPS) is 22.5. The fraction of sp³-hybridized carbons (Fsp3) is 0.533. The fourth-order valence-corrected chi connectivity index (χ4v) is 7.26. The van der Waals surface area contributed by atoms with E-state index in [-0.39, 0.29) is 61.0 Å². The molecule has 4 N–H and O–H groups in total. The van der Waals surface area contributed by atoms with E-state index in [4.69, 9.17) is 29.4 Å². The molecule has 0 saturated carbocycles. The van der Waals surface area contributed by atoms with Crippen molar-refractivity contribution in [2.75, 3.05) is 45.3 Å². The molecule has 13 nitrogen and oxygen atoms in total. The molecule has 2 saturated heterocycles. The molecule has 3 heterocycles. The van der Waals surface area contributed by atoms with Crippen molar-refractivity contribution in [2.45, 2.75) is 56.1 Å². The molecule has 2 aromatic rings. The van der Waals surface area contributed by atoms with E-state index in [9.17, 15) is 18.0 Å². The maximum atomic E-state index is 13.9. The Balaban J connectivity index is 1.35. The third kappa shape index (κ3) is 7.44. The predicted molar refractivity (Wildman–Crippen MR) is 160 cm³/mol. The van der Waals surface area contributed by atoms with Gasteiger partial charge in [-0.3, -0.25) is 4.79 Å². The van der Waals surface area contributed by atoms with Crippen LogP contribution in [-0.2, 0) is 35.4 Å². The Kier molecular flexibility index (Phi) is 9.95. The Morgan fingerprint density at radius 2 is 1.93 bits per heavy atom. The van der Waals surface area contributed by atoms with Gasteiger partial charge in [0.15, 0.2) is 12.9 Å². The summed E-state index contributed by atoms with van der Waals surface area (Å²) in [5.74, 6) is 0.583. The summed E-state index contributed by atoms with van der Waals surface area (Å²) in [6.45, 7) is 4.52. The van der Waals surface area contributed by atoms with Gasteiger partial charge in [-0.1, -0.05) is 26.0 Å². The number of nitrogens with one attached hydrogen (secondary N) is 2. The number of sulfonamides is 1. The number of nitrogens with two attached hydrogens (primary N) is 1. The molecule has 44 heavy (non-hydrogen) atoms. The van der Waals surface area contributed by atoms with Crippen molar-refractivity contribution in [1.82, 2.24) is 9.62 Å². The molecule has 5 atom stereocenters. The number of hydrogen-bond donors (Lipinski definition) is 3. The van der Waals surface area contributed by atoms with Gasteiger partial charge in [-0.25, -0.2) is 13.2 Å². The van der Waals surface area contributed by atoms with Gasteiger partial charge in [0.05, 0.1) is 42.9 Å². The number of carbonyl (C=O) groups is 2. The number of amides is 2. The summed E-state index contributed by atoms with van der Waals surface area (Å²) in [5, 5.41) is 5.57. The first-order valence-corrected chi connectivity index (χ1v) is 16.1. The lowest BCUT2D eigenvalue weighted by molar-refractivity contribution is -0.118. The Labute approximate surface area is 257 Å². The molecule has 0 aromatic heterocycles. The predicted octanol–water partition coefficient (Wildman–Crippen LogP) is 2.10. The SMILES string of the molecule is COc1ccc(C[C@H](NC(=O)O[C@H]2CO[C@H]3OCC[C@H]32)[C@H](N)CN(CC(C)C)S(=O)(=O)c2ccc3c(c2)OCC(=O)N3)cc1. The third-order valence-corrected chi connectivity index (χ3v) is 9.71. The number of alkyl carbamates (subject to hydrolysis) is 1. The number of carbonyl (C=O) groups excluding carboxylic acids is 2. The van der Waals surface area contributed by atoms with Crippen molar-refractivity contribution in [3.8, 4) is 11.5 Å². The van der Waals surface area contributed by atoms with E-state index < -0.39 is 34.3 Å². The highest BCUT2D eigenvalue weighted by Crippen LogP contribution is 2.33. The van der Waals surface area contributed by atoms with E-state index >= 15 is 0 Å². The van der Waals surface area contributed by atoms with Gasteiger partial charge in [0, 0.05) is 25.2 Å². The molecule has 0 spiro atoms. The van der Waals surface area contributed by atoms with E-state index in [1.165, 1.54) is 22.5 Å². The van der Waals surface area contributed by atoms with Crippen LogP contribution in [0.5, 0.6) is 11.5 Å². The van der Waals surface area contributed by atoms with E-state index in [0.717, 1.165) is 12.0 Å². The summed E-state index contributed by atoms with van der Waals surface area (Å²) >= 11 is 0. The number of anilines is 1. The van der Waals surface area contributed by atoms with Crippen molar-refractivity contribution in [2.24, 2.45) is 17.6 Å². The Morgan fingerprint density at radius 3 is 2.66 bits per heavy atom. The molecule has 2 fully saturated rings. The highest BCUT2D eigenvalue weighted by molar-refractivity contribution is 7.89. The van der Waals surface area contributed by atoms with Crippen molar-refractivity contribution in [1.29, 1.82) is 0 Å².